The van der Waals surface area contributed by atoms with E-state index < -0.39 is 0 Å². The molecule has 1 atom stereocenters. The maximum atomic E-state index is 12.0. The van der Waals surface area contributed by atoms with Crippen LogP contribution in [0, 0.1) is 0 Å². The molecule has 0 bridgehead atoms. The number of benzene rings is 1. The summed E-state index contributed by atoms with van der Waals surface area (Å²) in [5.41, 5.74) is 5.82. The van der Waals surface area contributed by atoms with Crippen LogP contribution >= 0.6 is 35.4 Å². The minimum Gasteiger partial charge on any atom is -0.393 e. The monoisotopic (exact) mass is 304 g/mol. The van der Waals surface area contributed by atoms with Gasteiger partial charge in [-0.15, -0.1) is 0 Å². The molecule has 1 rings (SSSR count). The summed E-state index contributed by atoms with van der Waals surface area (Å²) in [6.45, 7) is 1.95. The molecule has 0 heterocycles. The van der Waals surface area contributed by atoms with Gasteiger partial charge in [0.2, 0.25) is 0 Å². The van der Waals surface area contributed by atoms with Crippen molar-refractivity contribution in [2.45, 2.75) is 25.8 Å². The number of nitrogens with two attached hydrogens (primary N) is 1. The van der Waals surface area contributed by atoms with Gasteiger partial charge in [-0.1, -0.05) is 48.4 Å². The van der Waals surface area contributed by atoms with Crippen LogP contribution in [0.3, 0.4) is 0 Å². The zero-order valence-corrected chi connectivity index (χ0v) is 12.2. The van der Waals surface area contributed by atoms with Crippen molar-refractivity contribution in [3.05, 3.63) is 33.8 Å². The fourth-order valence-electron chi connectivity index (χ4n) is 1.48. The number of nitrogens with one attached hydrogen (secondary N) is 1. The Labute approximate surface area is 122 Å². The second-order valence-electron chi connectivity index (χ2n) is 3.85. The zero-order valence-electron chi connectivity index (χ0n) is 9.87. The van der Waals surface area contributed by atoms with Crippen molar-refractivity contribution in [2.24, 2.45) is 5.73 Å². The Hall–Kier alpha value is -0.840. The molecule has 0 spiro atoms. The molecule has 98 valence electrons. The minimum atomic E-state index is -0.273. The van der Waals surface area contributed by atoms with Crippen LogP contribution in [0.15, 0.2) is 18.2 Å². The molecule has 1 amide bonds. The second-order valence-corrected chi connectivity index (χ2v) is 5.16. The van der Waals surface area contributed by atoms with Crippen molar-refractivity contribution in [1.29, 1.82) is 0 Å². The zero-order chi connectivity index (χ0) is 13.7. The van der Waals surface area contributed by atoms with Gasteiger partial charge in [-0.3, -0.25) is 4.79 Å². The summed E-state index contributed by atoms with van der Waals surface area (Å²) in [7, 11) is 0. The van der Waals surface area contributed by atoms with E-state index in [0.717, 1.165) is 6.42 Å². The highest BCUT2D eigenvalue weighted by Gasteiger charge is 2.16. The highest BCUT2D eigenvalue weighted by molar-refractivity contribution is 7.80. The Morgan fingerprint density at radius 1 is 1.50 bits per heavy atom. The van der Waals surface area contributed by atoms with E-state index in [-0.39, 0.29) is 17.0 Å². The SMILES string of the molecule is CCC(CC(N)=S)NC(=O)c1cccc(Cl)c1Cl. The van der Waals surface area contributed by atoms with Crippen molar-refractivity contribution in [2.75, 3.05) is 0 Å². The van der Waals surface area contributed by atoms with Crippen LogP contribution < -0.4 is 11.1 Å². The third-order valence-corrected chi connectivity index (χ3v) is 3.46. The third kappa shape index (κ3) is 4.12. The van der Waals surface area contributed by atoms with Crippen LogP contribution in [0.25, 0.3) is 0 Å². The molecule has 0 aliphatic rings. The minimum absolute atomic E-state index is 0.0925. The molecular formula is C12H14Cl2N2OS. The summed E-state index contributed by atoms with van der Waals surface area (Å²) in [5.74, 6) is -0.273. The molecule has 18 heavy (non-hydrogen) atoms. The van der Waals surface area contributed by atoms with Crippen LogP contribution in [-0.4, -0.2) is 16.9 Å². The van der Waals surface area contributed by atoms with Gasteiger partial charge in [-0.2, -0.15) is 0 Å². The molecule has 1 unspecified atom stereocenters. The predicted octanol–water partition coefficient (Wildman–Crippen LogP) is 3.18. The Morgan fingerprint density at radius 3 is 2.72 bits per heavy atom. The van der Waals surface area contributed by atoms with Gasteiger partial charge in [-0.25, -0.2) is 0 Å². The fourth-order valence-corrected chi connectivity index (χ4v) is 2.07. The van der Waals surface area contributed by atoms with Gasteiger partial charge < -0.3 is 11.1 Å². The third-order valence-electron chi connectivity index (χ3n) is 2.47. The van der Waals surface area contributed by atoms with E-state index >= 15 is 0 Å². The highest BCUT2D eigenvalue weighted by Crippen LogP contribution is 2.25. The average Bonchev–Trinajstić information content (AvgIpc) is 2.31. The average molecular weight is 305 g/mol. The van der Waals surface area contributed by atoms with Crippen molar-refractivity contribution in [1.82, 2.24) is 5.32 Å². The molecule has 0 aliphatic heterocycles. The Bertz CT molecular complexity index is 465. The molecule has 0 radical (unpaired) electrons. The number of rotatable bonds is 5. The molecule has 0 saturated carbocycles. The van der Waals surface area contributed by atoms with Gasteiger partial charge in [0.1, 0.15) is 0 Å². The van der Waals surface area contributed by atoms with Gasteiger partial charge in [0.25, 0.3) is 5.91 Å². The quantitative estimate of drug-likeness (QED) is 0.822. The van der Waals surface area contributed by atoms with Crippen LogP contribution in [0.5, 0.6) is 0 Å². The summed E-state index contributed by atoms with van der Waals surface area (Å²) in [6.07, 6.45) is 1.21. The van der Waals surface area contributed by atoms with Crippen molar-refractivity contribution in [3.8, 4) is 0 Å². The molecule has 1 aromatic carbocycles. The van der Waals surface area contributed by atoms with Crippen molar-refractivity contribution < 1.29 is 4.79 Å². The van der Waals surface area contributed by atoms with Crippen LogP contribution in [0.1, 0.15) is 30.1 Å². The Morgan fingerprint density at radius 2 is 2.17 bits per heavy atom. The molecule has 0 aromatic heterocycles. The summed E-state index contributed by atoms with van der Waals surface area (Å²) in [4.78, 5) is 12.4. The smallest absolute Gasteiger partial charge is 0.253 e. The highest BCUT2D eigenvalue weighted by atomic mass is 35.5. The lowest BCUT2D eigenvalue weighted by molar-refractivity contribution is 0.0937. The number of halogens is 2. The number of amides is 1. The lowest BCUT2D eigenvalue weighted by Crippen LogP contribution is -2.37. The first-order chi connectivity index (χ1) is 8.45. The van der Waals surface area contributed by atoms with E-state index in [2.05, 4.69) is 5.32 Å². The van der Waals surface area contributed by atoms with E-state index in [1.165, 1.54) is 0 Å². The molecule has 3 nitrogen and oxygen atoms in total. The Kier molecular flexibility index (Phi) is 5.85. The van der Waals surface area contributed by atoms with Gasteiger partial charge >= 0.3 is 0 Å². The van der Waals surface area contributed by atoms with Crippen LogP contribution in [-0.2, 0) is 0 Å². The first kappa shape index (κ1) is 15.2. The number of carbonyl (C=O) groups excluding carboxylic acids is 1. The van der Waals surface area contributed by atoms with E-state index in [9.17, 15) is 4.79 Å². The van der Waals surface area contributed by atoms with Crippen molar-refractivity contribution >= 4 is 46.3 Å². The summed E-state index contributed by atoms with van der Waals surface area (Å²) in [5, 5.41) is 3.44. The van der Waals surface area contributed by atoms with Gasteiger partial charge in [0.15, 0.2) is 0 Å². The molecular weight excluding hydrogens is 291 g/mol. The lowest BCUT2D eigenvalue weighted by Gasteiger charge is -2.16. The maximum Gasteiger partial charge on any atom is 0.253 e. The van der Waals surface area contributed by atoms with E-state index in [1.54, 1.807) is 18.2 Å². The molecule has 0 saturated heterocycles. The number of hydrogen-bond donors (Lipinski definition) is 2. The summed E-state index contributed by atoms with van der Waals surface area (Å²) >= 11 is 16.7. The summed E-state index contributed by atoms with van der Waals surface area (Å²) < 4.78 is 0. The van der Waals surface area contributed by atoms with Crippen LogP contribution in [0.2, 0.25) is 10.0 Å². The molecule has 6 heteroatoms. The fraction of sp³-hybridized carbons (Fsp3) is 0.333. The normalized spacial score (nSPS) is 11.9. The van der Waals surface area contributed by atoms with Gasteiger partial charge in [-0.05, 0) is 18.6 Å². The lowest BCUT2D eigenvalue weighted by atomic mass is 10.1. The van der Waals surface area contributed by atoms with Gasteiger partial charge in [0, 0.05) is 12.5 Å². The van der Waals surface area contributed by atoms with E-state index in [1.807, 2.05) is 6.92 Å². The van der Waals surface area contributed by atoms with Crippen LogP contribution in [0.4, 0.5) is 0 Å². The molecule has 0 fully saturated rings. The number of hydrogen-bond acceptors (Lipinski definition) is 2. The Balaban J connectivity index is 2.81. The molecule has 0 aliphatic carbocycles. The topological polar surface area (TPSA) is 55.1 Å². The molecule has 1 aromatic rings. The molecule has 3 N–H and O–H groups in total. The second kappa shape index (κ2) is 6.92. The number of carbonyl (C=O) groups is 1. The first-order valence-corrected chi connectivity index (χ1v) is 6.65. The van der Waals surface area contributed by atoms with Crippen molar-refractivity contribution in [3.63, 3.8) is 0 Å². The standard InChI is InChI=1S/C12H14Cl2N2OS/c1-2-7(6-10(15)18)16-12(17)8-4-3-5-9(13)11(8)14/h3-5,7H,2,6H2,1H3,(H2,15,18)(H,16,17). The predicted molar refractivity (Wildman–Crippen MR) is 79.4 cm³/mol. The number of thiocarbonyl (C=S) groups is 1. The van der Waals surface area contributed by atoms with E-state index in [0.29, 0.717) is 22.0 Å². The maximum absolute atomic E-state index is 12.0. The van der Waals surface area contributed by atoms with E-state index in [4.69, 9.17) is 41.2 Å². The first-order valence-electron chi connectivity index (χ1n) is 5.48. The summed E-state index contributed by atoms with van der Waals surface area (Å²) in [6, 6.07) is 4.84. The van der Waals surface area contributed by atoms with Gasteiger partial charge in [0.05, 0.1) is 20.6 Å². The largest absolute Gasteiger partial charge is 0.393 e.